The molecule has 1 heterocycles. The lowest BCUT2D eigenvalue weighted by Crippen LogP contribution is -2.16. The van der Waals surface area contributed by atoms with Gasteiger partial charge in [-0.1, -0.05) is 35.9 Å². The standard InChI is InChI=1S/C20H21ClN2O/c1-12-9-13(2)20(17(21)10-12)22-19(24)11-16-14(3)23(4)18-8-6-5-7-15(16)18/h5-10H,11H2,1-4H3,(H,22,24). The zero-order valence-electron chi connectivity index (χ0n) is 14.4. The van der Waals surface area contributed by atoms with Gasteiger partial charge in [-0.25, -0.2) is 0 Å². The van der Waals surface area contributed by atoms with Crippen molar-refractivity contribution in [1.82, 2.24) is 4.57 Å². The normalized spacial score (nSPS) is 11.0. The van der Waals surface area contributed by atoms with Gasteiger partial charge in [0.2, 0.25) is 5.91 Å². The van der Waals surface area contributed by atoms with E-state index in [1.54, 1.807) is 0 Å². The van der Waals surface area contributed by atoms with E-state index in [0.717, 1.165) is 33.3 Å². The molecule has 3 nitrogen and oxygen atoms in total. The number of aromatic nitrogens is 1. The number of hydrogen-bond donors (Lipinski definition) is 1. The molecular weight excluding hydrogens is 320 g/mol. The lowest BCUT2D eigenvalue weighted by atomic mass is 10.1. The van der Waals surface area contributed by atoms with Crippen LogP contribution in [0.15, 0.2) is 36.4 Å². The molecule has 24 heavy (non-hydrogen) atoms. The van der Waals surface area contributed by atoms with Crippen LogP contribution in [0.5, 0.6) is 0 Å². The number of carbonyl (C=O) groups is 1. The minimum Gasteiger partial charge on any atom is -0.348 e. The molecule has 0 spiro atoms. The van der Waals surface area contributed by atoms with Crippen LogP contribution in [0.4, 0.5) is 5.69 Å². The van der Waals surface area contributed by atoms with E-state index in [1.807, 2.05) is 52.1 Å². The first kappa shape index (κ1) is 16.6. The van der Waals surface area contributed by atoms with Crippen molar-refractivity contribution < 1.29 is 4.79 Å². The van der Waals surface area contributed by atoms with Gasteiger partial charge in [0.25, 0.3) is 0 Å². The Morgan fingerprint density at radius 2 is 1.88 bits per heavy atom. The predicted octanol–water partition coefficient (Wildman–Crippen LogP) is 4.94. The average Bonchev–Trinajstić information content (AvgIpc) is 2.76. The van der Waals surface area contributed by atoms with Gasteiger partial charge in [0.15, 0.2) is 0 Å². The molecule has 0 bridgehead atoms. The van der Waals surface area contributed by atoms with Crippen molar-refractivity contribution in [1.29, 1.82) is 0 Å². The van der Waals surface area contributed by atoms with Crippen LogP contribution < -0.4 is 5.32 Å². The average molecular weight is 341 g/mol. The summed E-state index contributed by atoms with van der Waals surface area (Å²) < 4.78 is 2.13. The van der Waals surface area contributed by atoms with Crippen LogP contribution in [0.25, 0.3) is 10.9 Å². The van der Waals surface area contributed by atoms with Crippen molar-refractivity contribution in [3.05, 3.63) is 63.8 Å². The highest BCUT2D eigenvalue weighted by Crippen LogP contribution is 2.29. The molecular formula is C20H21ClN2O. The van der Waals surface area contributed by atoms with E-state index in [4.69, 9.17) is 11.6 Å². The maximum Gasteiger partial charge on any atom is 0.228 e. The molecule has 3 aromatic rings. The van der Waals surface area contributed by atoms with Crippen LogP contribution in [0.3, 0.4) is 0 Å². The van der Waals surface area contributed by atoms with E-state index >= 15 is 0 Å². The van der Waals surface area contributed by atoms with Crippen LogP contribution in [0.1, 0.15) is 22.4 Å². The van der Waals surface area contributed by atoms with Crippen LogP contribution in [-0.2, 0) is 18.3 Å². The van der Waals surface area contributed by atoms with Crippen LogP contribution >= 0.6 is 11.6 Å². The Morgan fingerprint density at radius 1 is 1.17 bits per heavy atom. The summed E-state index contributed by atoms with van der Waals surface area (Å²) in [6.45, 7) is 5.99. The van der Waals surface area contributed by atoms with Crippen molar-refractivity contribution >= 4 is 34.1 Å². The zero-order valence-corrected chi connectivity index (χ0v) is 15.2. The number of carbonyl (C=O) groups excluding carboxylic acids is 1. The van der Waals surface area contributed by atoms with Gasteiger partial charge in [0, 0.05) is 23.6 Å². The minimum absolute atomic E-state index is 0.0525. The summed E-state index contributed by atoms with van der Waals surface area (Å²) in [5.74, 6) is -0.0525. The first-order valence-corrected chi connectivity index (χ1v) is 8.35. The molecule has 0 aliphatic heterocycles. The second kappa shape index (κ2) is 6.33. The number of para-hydroxylation sites is 1. The second-order valence-electron chi connectivity index (χ2n) is 6.30. The van der Waals surface area contributed by atoms with Gasteiger partial charge in [-0.2, -0.15) is 0 Å². The molecule has 0 saturated heterocycles. The Kier molecular flexibility index (Phi) is 4.37. The summed E-state index contributed by atoms with van der Waals surface area (Å²) in [5.41, 5.74) is 6.07. The number of benzene rings is 2. The molecule has 0 atom stereocenters. The molecule has 1 N–H and O–H groups in total. The lowest BCUT2D eigenvalue weighted by molar-refractivity contribution is -0.115. The van der Waals surface area contributed by atoms with Crippen molar-refractivity contribution in [3.8, 4) is 0 Å². The molecule has 0 radical (unpaired) electrons. The Hall–Kier alpha value is -2.26. The molecule has 2 aromatic carbocycles. The monoisotopic (exact) mass is 340 g/mol. The van der Waals surface area contributed by atoms with Crippen molar-refractivity contribution in [2.45, 2.75) is 27.2 Å². The van der Waals surface area contributed by atoms with Gasteiger partial charge in [0.1, 0.15) is 0 Å². The van der Waals surface area contributed by atoms with E-state index in [-0.39, 0.29) is 5.91 Å². The number of fused-ring (bicyclic) bond motifs is 1. The molecule has 0 aliphatic rings. The maximum atomic E-state index is 12.6. The fraction of sp³-hybridized carbons (Fsp3) is 0.250. The highest BCUT2D eigenvalue weighted by atomic mass is 35.5. The molecule has 1 aromatic heterocycles. The van der Waals surface area contributed by atoms with Crippen molar-refractivity contribution in [3.63, 3.8) is 0 Å². The molecule has 0 saturated carbocycles. The largest absolute Gasteiger partial charge is 0.348 e. The third-order valence-electron chi connectivity index (χ3n) is 4.56. The number of rotatable bonds is 3. The SMILES string of the molecule is Cc1cc(C)c(NC(=O)Cc2c(C)n(C)c3ccccc23)c(Cl)c1. The van der Waals surface area contributed by atoms with E-state index in [2.05, 4.69) is 22.0 Å². The van der Waals surface area contributed by atoms with E-state index in [0.29, 0.717) is 17.1 Å². The highest BCUT2D eigenvalue weighted by Gasteiger charge is 2.16. The smallest absolute Gasteiger partial charge is 0.228 e. The number of nitrogens with one attached hydrogen (secondary N) is 1. The molecule has 1 amide bonds. The predicted molar refractivity (Wildman–Crippen MR) is 101 cm³/mol. The van der Waals surface area contributed by atoms with E-state index < -0.39 is 0 Å². The number of halogens is 1. The maximum absolute atomic E-state index is 12.6. The number of nitrogens with zero attached hydrogens (tertiary/aromatic N) is 1. The summed E-state index contributed by atoms with van der Waals surface area (Å²) >= 11 is 6.29. The highest BCUT2D eigenvalue weighted by molar-refractivity contribution is 6.34. The fourth-order valence-electron chi connectivity index (χ4n) is 3.24. The zero-order chi connectivity index (χ0) is 17.4. The second-order valence-corrected chi connectivity index (χ2v) is 6.71. The van der Waals surface area contributed by atoms with Crippen LogP contribution in [0, 0.1) is 20.8 Å². The molecule has 3 rings (SSSR count). The Labute approximate surface area is 147 Å². The van der Waals surface area contributed by atoms with Crippen molar-refractivity contribution in [2.24, 2.45) is 7.05 Å². The minimum atomic E-state index is -0.0525. The fourth-order valence-corrected chi connectivity index (χ4v) is 3.61. The van der Waals surface area contributed by atoms with Crippen LogP contribution in [-0.4, -0.2) is 10.5 Å². The summed E-state index contributed by atoms with van der Waals surface area (Å²) in [4.78, 5) is 12.6. The molecule has 0 fully saturated rings. The number of aryl methyl sites for hydroxylation is 3. The summed E-state index contributed by atoms with van der Waals surface area (Å²) in [5, 5.41) is 4.68. The quantitative estimate of drug-likeness (QED) is 0.720. The Morgan fingerprint density at radius 3 is 2.58 bits per heavy atom. The first-order valence-electron chi connectivity index (χ1n) is 7.98. The summed E-state index contributed by atoms with van der Waals surface area (Å²) in [6.07, 6.45) is 0.330. The third kappa shape index (κ3) is 2.92. The van der Waals surface area contributed by atoms with E-state index in [9.17, 15) is 4.79 Å². The van der Waals surface area contributed by atoms with Gasteiger partial charge in [-0.3, -0.25) is 4.79 Å². The third-order valence-corrected chi connectivity index (χ3v) is 4.86. The number of amides is 1. The Balaban J connectivity index is 1.90. The number of anilines is 1. The number of hydrogen-bond acceptors (Lipinski definition) is 1. The summed E-state index contributed by atoms with van der Waals surface area (Å²) in [7, 11) is 2.03. The van der Waals surface area contributed by atoms with Gasteiger partial charge < -0.3 is 9.88 Å². The van der Waals surface area contributed by atoms with Gasteiger partial charge in [-0.05, 0) is 49.6 Å². The van der Waals surface area contributed by atoms with Gasteiger partial charge in [0.05, 0.1) is 17.1 Å². The lowest BCUT2D eigenvalue weighted by Gasteiger charge is -2.12. The van der Waals surface area contributed by atoms with Crippen molar-refractivity contribution in [2.75, 3.05) is 5.32 Å². The van der Waals surface area contributed by atoms with Gasteiger partial charge in [-0.15, -0.1) is 0 Å². The molecule has 0 aliphatic carbocycles. The summed E-state index contributed by atoms with van der Waals surface area (Å²) in [6, 6.07) is 12.0. The van der Waals surface area contributed by atoms with E-state index in [1.165, 1.54) is 0 Å². The Bertz CT molecular complexity index is 917. The molecule has 124 valence electrons. The molecule has 4 heteroatoms. The van der Waals surface area contributed by atoms with Crippen LogP contribution in [0.2, 0.25) is 5.02 Å². The topological polar surface area (TPSA) is 34.0 Å². The van der Waals surface area contributed by atoms with Gasteiger partial charge >= 0.3 is 0 Å². The first-order chi connectivity index (χ1) is 11.4. The molecule has 0 unspecified atom stereocenters.